The van der Waals surface area contributed by atoms with Crippen LogP contribution in [0.3, 0.4) is 0 Å². The second-order valence-electron chi connectivity index (χ2n) is 7.41. The minimum atomic E-state index is -0.654. The maximum Gasteiger partial charge on any atom is 0.317 e. The van der Waals surface area contributed by atoms with Crippen molar-refractivity contribution in [2.75, 3.05) is 19.6 Å². The zero-order chi connectivity index (χ0) is 16.2. The molecular weight excluding hydrogens is 325 g/mol. The maximum atomic E-state index is 12.3. The number of nitrogens with one attached hydrogen (secondary N) is 1. The SMILES string of the molecule is CC1(CCNC(=O)N2C[C@@H]3CCC[C@]3(C(N)=O)C2)CC1(Cl)Cl. The summed E-state index contributed by atoms with van der Waals surface area (Å²) in [7, 11) is 0. The average molecular weight is 348 g/mol. The lowest BCUT2D eigenvalue weighted by atomic mass is 9.80. The van der Waals surface area contributed by atoms with Crippen LogP contribution in [-0.2, 0) is 4.79 Å². The molecule has 2 aliphatic carbocycles. The number of nitrogens with two attached hydrogens (primary N) is 1. The Morgan fingerprint density at radius 2 is 2.09 bits per heavy atom. The van der Waals surface area contributed by atoms with Crippen molar-refractivity contribution in [1.29, 1.82) is 0 Å². The Bertz CT molecular complexity index is 513. The summed E-state index contributed by atoms with van der Waals surface area (Å²) in [4.78, 5) is 25.9. The van der Waals surface area contributed by atoms with Crippen LogP contribution in [0.1, 0.15) is 39.0 Å². The minimum absolute atomic E-state index is 0.112. The molecule has 2 saturated carbocycles. The number of primary amides is 1. The average Bonchev–Trinajstić information content (AvgIpc) is 2.78. The van der Waals surface area contributed by atoms with Crippen molar-refractivity contribution in [3.05, 3.63) is 0 Å². The summed E-state index contributed by atoms with van der Waals surface area (Å²) in [6.45, 7) is 3.65. The van der Waals surface area contributed by atoms with E-state index >= 15 is 0 Å². The molecule has 0 bridgehead atoms. The summed E-state index contributed by atoms with van der Waals surface area (Å²) in [6, 6.07) is -0.117. The number of alkyl halides is 2. The number of nitrogens with zero attached hydrogens (tertiary/aromatic N) is 1. The molecule has 22 heavy (non-hydrogen) atoms. The Kier molecular flexibility index (Phi) is 3.80. The van der Waals surface area contributed by atoms with E-state index in [1.54, 1.807) is 4.90 Å². The van der Waals surface area contributed by atoms with Crippen LogP contribution in [0.5, 0.6) is 0 Å². The van der Waals surface area contributed by atoms with Crippen molar-refractivity contribution < 1.29 is 9.59 Å². The lowest BCUT2D eigenvalue weighted by Gasteiger charge is -2.24. The van der Waals surface area contributed by atoms with E-state index in [9.17, 15) is 9.59 Å². The summed E-state index contributed by atoms with van der Waals surface area (Å²) in [5, 5.41) is 2.92. The second-order valence-corrected chi connectivity index (χ2v) is 8.90. The number of carbonyl (C=O) groups is 2. The zero-order valence-electron chi connectivity index (χ0n) is 12.8. The largest absolute Gasteiger partial charge is 0.369 e. The first kappa shape index (κ1) is 16.2. The van der Waals surface area contributed by atoms with Crippen LogP contribution in [0.2, 0.25) is 0 Å². The summed E-state index contributed by atoms with van der Waals surface area (Å²) in [5.74, 6) is -0.0418. The van der Waals surface area contributed by atoms with Gasteiger partial charge in [-0.05, 0) is 31.6 Å². The number of fused-ring (bicyclic) bond motifs is 1. The third-order valence-electron chi connectivity index (χ3n) is 5.97. The quantitative estimate of drug-likeness (QED) is 0.765. The molecule has 5 nitrogen and oxygen atoms in total. The molecule has 1 saturated heterocycles. The highest BCUT2D eigenvalue weighted by Gasteiger charge is 2.62. The smallest absolute Gasteiger partial charge is 0.317 e. The number of urea groups is 1. The monoisotopic (exact) mass is 347 g/mol. The van der Waals surface area contributed by atoms with Crippen LogP contribution in [0, 0.1) is 16.7 Å². The number of likely N-dealkylation sites (tertiary alicyclic amines) is 1. The summed E-state index contributed by atoms with van der Waals surface area (Å²) in [6.07, 6.45) is 4.32. The molecule has 3 rings (SSSR count). The van der Waals surface area contributed by atoms with E-state index in [0.29, 0.717) is 19.6 Å². The summed E-state index contributed by atoms with van der Waals surface area (Å²) >= 11 is 12.2. The van der Waals surface area contributed by atoms with Gasteiger partial charge in [-0.1, -0.05) is 13.3 Å². The predicted octanol–water partition coefficient (Wildman–Crippen LogP) is 2.26. The van der Waals surface area contributed by atoms with E-state index < -0.39 is 9.75 Å². The molecule has 1 aliphatic heterocycles. The van der Waals surface area contributed by atoms with Gasteiger partial charge in [0.25, 0.3) is 0 Å². The number of halogens is 2. The molecule has 124 valence electrons. The van der Waals surface area contributed by atoms with E-state index in [0.717, 1.165) is 32.1 Å². The number of hydrogen-bond acceptors (Lipinski definition) is 2. The Hall–Kier alpha value is -0.680. The maximum absolute atomic E-state index is 12.3. The lowest BCUT2D eigenvalue weighted by Crippen LogP contribution is -2.44. The van der Waals surface area contributed by atoms with Gasteiger partial charge in [0.2, 0.25) is 5.91 Å². The Balaban J connectivity index is 1.51. The number of carbonyl (C=O) groups excluding carboxylic acids is 2. The molecule has 7 heteroatoms. The standard InChI is InChI=1S/C15H23Cl2N3O2/c1-13(8-15(13,16)17)5-6-19-12(22)20-7-10-3-2-4-14(10,9-20)11(18)21/h10H,2-9H2,1H3,(H2,18,21)(H,19,22)/t10-,13?,14-/m0/s1. The number of hydrogen-bond donors (Lipinski definition) is 2. The fourth-order valence-electron chi connectivity index (χ4n) is 4.12. The van der Waals surface area contributed by atoms with E-state index in [4.69, 9.17) is 28.9 Å². The molecule has 3 amide bonds. The highest BCUT2D eigenvalue weighted by atomic mass is 35.5. The van der Waals surface area contributed by atoms with Crippen LogP contribution in [0.25, 0.3) is 0 Å². The van der Waals surface area contributed by atoms with Crippen molar-refractivity contribution in [2.45, 2.75) is 43.4 Å². The molecule has 0 spiro atoms. The van der Waals surface area contributed by atoms with E-state index in [-0.39, 0.29) is 23.3 Å². The van der Waals surface area contributed by atoms with Crippen LogP contribution < -0.4 is 11.1 Å². The normalized spacial score (nSPS) is 38.7. The first-order valence-electron chi connectivity index (χ1n) is 7.91. The zero-order valence-corrected chi connectivity index (χ0v) is 14.3. The topological polar surface area (TPSA) is 75.4 Å². The van der Waals surface area contributed by atoms with E-state index in [1.165, 1.54) is 0 Å². The fraction of sp³-hybridized carbons (Fsp3) is 0.867. The van der Waals surface area contributed by atoms with Crippen LogP contribution >= 0.6 is 23.2 Å². The number of amides is 3. The molecule has 0 radical (unpaired) electrons. The molecule has 3 atom stereocenters. The van der Waals surface area contributed by atoms with Gasteiger partial charge in [0.05, 0.1) is 5.41 Å². The van der Waals surface area contributed by atoms with Crippen LogP contribution in [-0.4, -0.2) is 40.8 Å². The van der Waals surface area contributed by atoms with E-state index in [1.807, 2.05) is 6.92 Å². The van der Waals surface area contributed by atoms with Gasteiger partial charge >= 0.3 is 6.03 Å². The Labute approximate surface area is 140 Å². The van der Waals surface area contributed by atoms with E-state index in [2.05, 4.69) is 5.32 Å². The van der Waals surface area contributed by atoms with Gasteiger partial charge in [-0.15, -0.1) is 23.2 Å². The van der Waals surface area contributed by atoms with Crippen LogP contribution in [0.15, 0.2) is 0 Å². The number of rotatable bonds is 4. The molecular formula is C15H23Cl2N3O2. The predicted molar refractivity (Wildman–Crippen MR) is 85.7 cm³/mol. The Morgan fingerprint density at radius 1 is 1.41 bits per heavy atom. The third kappa shape index (κ3) is 2.46. The lowest BCUT2D eigenvalue weighted by molar-refractivity contribution is -0.128. The molecule has 1 heterocycles. The molecule has 3 N–H and O–H groups in total. The van der Waals surface area contributed by atoms with Crippen molar-refractivity contribution in [3.63, 3.8) is 0 Å². The van der Waals surface area contributed by atoms with Gasteiger partial charge in [0, 0.05) is 25.0 Å². The minimum Gasteiger partial charge on any atom is -0.369 e. The fourth-order valence-corrected chi connectivity index (χ4v) is 4.90. The first-order chi connectivity index (χ1) is 10.2. The van der Waals surface area contributed by atoms with Gasteiger partial charge < -0.3 is 16.0 Å². The second kappa shape index (κ2) is 5.17. The van der Waals surface area contributed by atoms with Crippen LogP contribution in [0.4, 0.5) is 4.79 Å². The molecule has 0 aromatic rings. The van der Waals surface area contributed by atoms with Crippen molar-refractivity contribution in [3.8, 4) is 0 Å². The van der Waals surface area contributed by atoms with Gasteiger partial charge in [0.1, 0.15) is 4.33 Å². The highest BCUT2D eigenvalue weighted by molar-refractivity contribution is 6.51. The Morgan fingerprint density at radius 3 is 2.64 bits per heavy atom. The van der Waals surface area contributed by atoms with Gasteiger partial charge in [-0.2, -0.15) is 0 Å². The molecule has 3 fully saturated rings. The van der Waals surface area contributed by atoms with Crippen molar-refractivity contribution in [2.24, 2.45) is 22.5 Å². The van der Waals surface area contributed by atoms with Gasteiger partial charge in [0.15, 0.2) is 0 Å². The molecule has 0 aromatic heterocycles. The third-order valence-corrected chi connectivity index (χ3v) is 7.15. The molecule has 3 aliphatic rings. The molecule has 1 unspecified atom stereocenters. The van der Waals surface area contributed by atoms with Crippen molar-refractivity contribution >= 4 is 35.1 Å². The summed E-state index contributed by atoms with van der Waals surface area (Å²) in [5.41, 5.74) is 4.99. The van der Waals surface area contributed by atoms with Gasteiger partial charge in [-0.3, -0.25) is 4.79 Å². The summed E-state index contributed by atoms with van der Waals surface area (Å²) < 4.78 is -0.654. The first-order valence-corrected chi connectivity index (χ1v) is 8.66. The van der Waals surface area contributed by atoms with Gasteiger partial charge in [-0.25, -0.2) is 4.79 Å². The highest BCUT2D eigenvalue weighted by Crippen LogP contribution is 2.65. The molecule has 0 aromatic carbocycles. The van der Waals surface area contributed by atoms with Crippen molar-refractivity contribution in [1.82, 2.24) is 10.2 Å².